The summed E-state index contributed by atoms with van der Waals surface area (Å²) in [4.78, 5) is 4.37. The topological polar surface area (TPSA) is 12.9 Å². The quantitative estimate of drug-likeness (QED) is 0.738. The fourth-order valence-corrected chi connectivity index (χ4v) is 2.98. The number of rotatable bonds is 3. The van der Waals surface area contributed by atoms with Gasteiger partial charge in [-0.3, -0.25) is 0 Å². The van der Waals surface area contributed by atoms with Crippen molar-refractivity contribution >= 4 is 43.6 Å². The second-order valence-corrected chi connectivity index (χ2v) is 6.64. The first kappa shape index (κ1) is 12.5. The van der Waals surface area contributed by atoms with Gasteiger partial charge in [-0.25, -0.2) is 4.98 Å². The van der Waals surface area contributed by atoms with Crippen molar-refractivity contribution in [2.75, 3.05) is 0 Å². The SMILES string of the molecule is CC(C)C(C)Sc1ncc(Br)cc1Br. The van der Waals surface area contributed by atoms with Gasteiger partial charge < -0.3 is 0 Å². The first-order valence-corrected chi connectivity index (χ1v) is 6.95. The number of halogens is 2. The highest BCUT2D eigenvalue weighted by atomic mass is 79.9. The number of hydrogen-bond acceptors (Lipinski definition) is 2. The van der Waals surface area contributed by atoms with Gasteiger partial charge in [-0.2, -0.15) is 0 Å². The van der Waals surface area contributed by atoms with Crippen LogP contribution in [0.25, 0.3) is 0 Å². The Morgan fingerprint density at radius 1 is 1.29 bits per heavy atom. The summed E-state index contributed by atoms with van der Waals surface area (Å²) < 4.78 is 2.07. The van der Waals surface area contributed by atoms with Gasteiger partial charge in [0.25, 0.3) is 0 Å². The molecule has 0 radical (unpaired) electrons. The summed E-state index contributed by atoms with van der Waals surface area (Å²) in [6.45, 7) is 6.68. The van der Waals surface area contributed by atoms with Gasteiger partial charge in [0.15, 0.2) is 0 Å². The van der Waals surface area contributed by atoms with Crippen molar-refractivity contribution in [2.45, 2.75) is 31.0 Å². The molecule has 1 aromatic heterocycles. The third-order valence-electron chi connectivity index (χ3n) is 2.01. The molecule has 0 fully saturated rings. The molecule has 0 saturated carbocycles. The molecule has 1 aromatic rings. The molecule has 0 amide bonds. The molecule has 0 N–H and O–H groups in total. The molecule has 0 saturated heterocycles. The van der Waals surface area contributed by atoms with Crippen molar-refractivity contribution < 1.29 is 0 Å². The fourth-order valence-electron chi connectivity index (χ4n) is 0.801. The van der Waals surface area contributed by atoms with Crippen molar-refractivity contribution in [3.63, 3.8) is 0 Å². The van der Waals surface area contributed by atoms with E-state index in [-0.39, 0.29) is 0 Å². The molecule has 1 rings (SSSR count). The summed E-state index contributed by atoms with van der Waals surface area (Å²) in [6.07, 6.45) is 1.83. The molecule has 4 heteroatoms. The third-order valence-corrected chi connectivity index (χ3v) is 4.78. The molecule has 0 bridgehead atoms. The summed E-state index contributed by atoms with van der Waals surface area (Å²) in [5, 5.41) is 1.65. The van der Waals surface area contributed by atoms with Crippen molar-refractivity contribution in [3.8, 4) is 0 Å². The second-order valence-electron chi connectivity index (χ2n) is 3.51. The van der Waals surface area contributed by atoms with Gasteiger partial charge in [0.1, 0.15) is 5.03 Å². The van der Waals surface area contributed by atoms with E-state index < -0.39 is 0 Å². The van der Waals surface area contributed by atoms with Crippen LogP contribution in [0.1, 0.15) is 20.8 Å². The van der Waals surface area contributed by atoms with Crippen molar-refractivity contribution in [1.29, 1.82) is 0 Å². The lowest BCUT2D eigenvalue weighted by molar-refractivity contribution is 0.641. The van der Waals surface area contributed by atoms with E-state index in [9.17, 15) is 0 Å². The van der Waals surface area contributed by atoms with Crippen molar-refractivity contribution in [1.82, 2.24) is 4.98 Å². The second kappa shape index (κ2) is 5.52. The van der Waals surface area contributed by atoms with Crippen LogP contribution >= 0.6 is 43.6 Å². The summed E-state index contributed by atoms with van der Waals surface area (Å²) in [7, 11) is 0. The molecule has 1 unspecified atom stereocenters. The largest absolute Gasteiger partial charge is 0.248 e. The molecule has 0 spiro atoms. The highest BCUT2D eigenvalue weighted by molar-refractivity contribution is 9.11. The maximum atomic E-state index is 4.37. The Morgan fingerprint density at radius 2 is 1.93 bits per heavy atom. The number of aromatic nitrogens is 1. The Morgan fingerprint density at radius 3 is 2.43 bits per heavy atom. The predicted octanol–water partition coefficient (Wildman–Crippen LogP) is 4.74. The maximum Gasteiger partial charge on any atom is 0.111 e. The Labute approximate surface area is 106 Å². The standard InChI is InChI=1S/C10H13Br2NS/c1-6(2)7(3)14-10-9(12)4-8(11)5-13-10/h4-7H,1-3H3. The number of pyridine rings is 1. The van der Waals surface area contributed by atoms with Crippen molar-refractivity contribution in [2.24, 2.45) is 5.92 Å². The molecule has 14 heavy (non-hydrogen) atoms. The summed E-state index contributed by atoms with van der Waals surface area (Å²) in [5.74, 6) is 0.664. The molecule has 0 aliphatic rings. The first-order chi connectivity index (χ1) is 6.50. The van der Waals surface area contributed by atoms with Crippen LogP contribution in [0.15, 0.2) is 26.2 Å². The number of nitrogens with zero attached hydrogens (tertiary/aromatic N) is 1. The van der Waals surface area contributed by atoms with Gasteiger partial charge in [0.2, 0.25) is 0 Å². The van der Waals surface area contributed by atoms with Gasteiger partial charge in [0.05, 0.1) is 4.47 Å². The van der Waals surface area contributed by atoms with Crippen LogP contribution < -0.4 is 0 Å². The average molecular weight is 339 g/mol. The van der Waals surface area contributed by atoms with E-state index in [0.29, 0.717) is 11.2 Å². The fraction of sp³-hybridized carbons (Fsp3) is 0.500. The van der Waals surface area contributed by atoms with Crippen LogP contribution in [0.5, 0.6) is 0 Å². The number of thioether (sulfide) groups is 1. The Hall–Kier alpha value is 0.460. The van der Waals surface area contributed by atoms with Crippen LogP contribution in [0.4, 0.5) is 0 Å². The van der Waals surface area contributed by atoms with E-state index in [4.69, 9.17) is 0 Å². The van der Waals surface area contributed by atoms with E-state index in [1.165, 1.54) is 0 Å². The molecule has 0 aliphatic carbocycles. The maximum absolute atomic E-state index is 4.37. The lowest BCUT2D eigenvalue weighted by atomic mass is 10.2. The zero-order chi connectivity index (χ0) is 10.7. The van der Waals surface area contributed by atoms with E-state index in [2.05, 4.69) is 57.6 Å². The minimum atomic E-state index is 0.583. The smallest absolute Gasteiger partial charge is 0.111 e. The molecule has 78 valence electrons. The minimum Gasteiger partial charge on any atom is -0.248 e. The zero-order valence-electron chi connectivity index (χ0n) is 8.42. The molecular weight excluding hydrogens is 326 g/mol. The van der Waals surface area contributed by atoms with E-state index in [1.807, 2.05) is 24.0 Å². The van der Waals surface area contributed by atoms with Gasteiger partial charge >= 0.3 is 0 Å². The van der Waals surface area contributed by atoms with Gasteiger partial charge in [-0.1, -0.05) is 20.8 Å². The van der Waals surface area contributed by atoms with Gasteiger partial charge in [-0.15, -0.1) is 11.8 Å². The molecule has 0 aromatic carbocycles. The molecule has 1 heterocycles. The lowest BCUT2D eigenvalue weighted by Gasteiger charge is -2.14. The van der Waals surface area contributed by atoms with Crippen LogP contribution in [0.2, 0.25) is 0 Å². The predicted molar refractivity (Wildman–Crippen MR) is 69.8 cm³/mol. The monoisotopic (exact) mass is 337 g/mol. The van der Waals surface area contributed by atoms with Crippen LogP contribution in [-0.2, 0) is 0 Å². The Balaban J connectivity index is 2.77. The van der Waals surface area contributed by atoms with E-state index in [0.717, 1.165) is 14.0 Å². The number of hydrogen-bond donors (Lipinski definition) is 0. The summed E-state index contributed by atoms with van der Waals surface area (Å²) in [6, 6.07) is 2.03. The van der Waals surface area contributed by atoms with E-state index >= 15 is 0 Å². The van der Waals surface area contributed by atoms with Gasteiger partial charge in [-0.05, 0) is 43.8 Å². The average Bonchev–Trinajstić information content (AvgIpc) is 2.09. The zero-order valence-corrected chi connectivity index (χ0v) is 12.4. The van der Waals surface area contributed by atoms with Crippen molar-refractivity contribution in [3.05, 3.63) is 21.2 Å². The normalized spacial score (nSPS) is 13.3. The van der Waals surface area contributed by atoms with Crippen LogP contribution in [0.3, 0.4) is 0 Å². The molecule has 1 atom stereocenters. The minimum absolute atomic E-state index is 0.583. The van der Waals surface area contributed by atoms with Gasteiger partial charge in [0, 0.05) is 15.9 Å². The first-order valence-electron chi connectivity index (χ1n) is 4.48. The molecule has 0 aliphatic heterocycles. The Bertz CT molecular complexity index is 315. The Kier molecular flexibility index (Phi) is 4.94. The molecule has 1 nitrogen and oxygen atoms in total. The highest BCUT2D eigenvalue weighted by Crippen LogP contribution is 2.32. The third kappa shape index (κ3) is 3.55. The summed E-state index contributed by atoms with van der Waals surface area (Å²) in [5.41, 5.74) is 0. The van der Waals surface area contributed by atoms with E-state index in [1.54, 1.807) is 0 Å². The molecular formula is C10H13Br2NS. The highest BCUT2D eigenvalue weighted by Gasteiger charge is 2.12. The van der Waals surface area contributed by atoms with Crippen LogP contribution in [0, 0.1) is 5.92 Å². The lowest BCUT2D eigenvalue weighted by Crippen LogP contribution is -2.05. The summed E-state index contributed by atoms with van der Waals surface area (Å²) >= 11 is 8.71. The van der Waals surface area contributed by atoms with Crippen LogP contribution in [-0.4, -0.2) is 10.2 Å².